The molecular weight excluding hydrogens is 284 g/mol. The van der Waals surface area contributed by atoms with E-state index in [1.165, 1.54) is 4.63 Å². The van der Waals surface area contributed by atoms with Gasteiger partial charge in [0.05, 0.1) is 6.54 Å². The maximum Gasteiger partial charge on any atom is 0.255 e. The summed E-state index contributed by atoms with van der Waals surface area (Å²) in [6.07, 6.45) is 0. The van der Waals surface area contributed by atoms with E-state index < -0.39 is 0 Å². The average Bonchev–Trinajstić information content (AvgIpc) is 3.10. The third-order valence-electron chi connectivity index (χ3n) is 3.26. The van der Waals surface area contributed by atoms with E-state index in [9.17, 15) is 0 Å². The van der Waals surface area contributed by atoms with Gasteiger partial charge in [-0.25, -0.2) is 4.98 Å². The lowest BCUT2D eigenvalue weighted by Crippen LogP contribution is -2.09. The monoisotopic (exact) mass is 296 g/mol. The fourth-order valence-electron chi connectivity index (χ4n) is 2.33. The molecule has 10 heteroatoms. The molecule has 0 fully saturated rings. The summed E-state index contributed by atoms with van der Waals surface area (Å²) in [5.41, 5.74) is 2.55. The molecule has 0 aliphatic carbocycles. The highest BCUT2D eigenvalue weighted by atomic mass is 15.6. The molecule has 4 rings (SSSR count). The van der Waals surface area contributed by atoms with Crippen LogP contribution in [0.3, 0.4) is 0 Å². The quantitative estimate of drug-likeness (QED) is 0.570. The Morgan fingerprint density at radius 3 is 2.95 bits per heavy atom. The summed E-state index contributed by atoms with van der Waals surface area (Å²) in [4.78, 5) is 4.36. The molecule has 0 saturated heterocycles. The number of hydrogen-bond donors (Lipinski definition) is 1. The predicted octanol–water partition coefficient (Wildman–Crippen LogP) is 0.186. The summed E-state index contributed by atoms with van der Waals surface area (Å²) in [7, 11) is 0. The second-order valence-electron chi connectivity index (χ2n) is 4.89. The number of tetrazole rings is 1. The van der Waals surface area contributed by atoms with Crippen LogP contribution in [-0.4, -0.2) is 44.8 Å². The molecule has 0 amide bonds. The maximum absolute atomic E-state index is 4.36. The summed E-state index contributed by atoms with van der Waals surface area (Å²) in [6.45, 7) is 4.40. The number of rotatable bonds is 3. The highest BCUT2D eigenvalue weighted by molar-refractivity contribution is 5.42. The van der Waals surface area contributed by atoms with Gasteiger partial charge in [0.25, 0.3) is 5.78 Å². The normalized spacial score (nSPS) is 11.4. The molecule has 110 valence electrons. The van der Waals surface area contributed by atoms with Crippen LogP contribution in [-0.2, 0) is 6.54 Å². The molecule has 4 heterocycles. The van der Waals surface area contributed by atoms with E-state index in [4.69, 9.17) is 0 Å². The average molecular weight is 296 g/mol. The molecule has 0 bridgehead atoms. The Morgan fingerprint density at radius 2 is 2.05 bits per heavy atom. The molecule has 4 aromatic rings. The number of aryl methyl sites for hydroxylation is 2. The molecule has 1 N–H and O–H groups in total. The largest absolute Gasteiger partial charge is 0.361 e. The van der Waals surface area contributed by atoms with Crippen LogP contribution in [0.15, 0.2) is 18.2 Å². The number of aromatic nitrogens is 9. The van der Waals surface area contributed by atoms with Crippen molar-refractivity contribution in [3.63, 3.8) is 0 Å². The van der Waals surface area contributed by atoms with Crippen molar-refractivity contribution in [1.82, 2.24) is 44.8 Å². The lowest BCUT2D eigenvalue weighted by Gasteiger charge is -2.06. The predicted molar refractivity (Wildman–Crippen MR) is 76.2 cm³/mol. The first-order chi connectivity index (χ1) is 10.7. The van der Waals surface area contributed by atoms with Gasteiger partial charge in [-0.05, 0) is 42.5 Å². The third kappa shape index (κ3) is 2.01. The number of nitrogens with one attached hydrogen (secondary N) is 1. The second-order valence-corrected chi connectivity index (χ2v) is 4.89. The van der Waals surface area contributed by atoms with E-state index >= 15 is 0 Å². The Balaban J connectivity index is 1.63. The van der Waals surface area contributed by atoms with Gasteiger partial charge in [0.2, 0.25) is 0 Å². The van der Waals surface area contributed by atoms with Crippen molar-refractivity contribution >= 4 is 17.2 Å². The molecule has 22 heavy (non-hydrogen) atoms. The topological polar surface area (TPSA) is 111 Å². The maximum atomic E-state index is 4.36. The lowest BCUT2D eigenvalue weighted by molar-refractivity contribution is 0.732. The molecule has 0 aliphatic heterocycles. The SMILES string of the molecule is Cc1cc(C)n2c(CNc3ccc4nnnn4n3)nnc2n1. The van der Waals surface area contributed by atoms with Crippen molar-refractivity contribution in [2.75, 3.05) is 5.32 Å². The van der Waals surface area contributed by atoms with Crippen molar-refractivity contribution in [2.24, 2.45) is 0 Å². The van der Waals surface area contributed by atoms with Gasteiger partial charge >= 0.3 is 0 Å². The Bertz CT molecular complexity index is 969. The molecule has 0 unspecified atom stereocenters. The number of anilines is 1. The van der Waals surface area contributed by atoms with E-state index in [2.05, 4.69) is 41.1 Å². The van der Waals surface area contributed by atoms with Gasteiger partial charge in [-0.2, -0.15) is 0 Å². The minimum atomic E-state index is 0.466. The standard InChI is InChI=1S/C12H12N10/c1-7-5-8(2)21-11(15-17-12(21)14-7)6-13-9-3-4-10-16-19-20-22(10)18-9/h3-5H,6H2,1-2H3,(H,13,18). The zero-order chi connectivity index (χ0) is 15.1. The van der Waals surface area contributed by atoms with Gasteiger partial charge in [-0.15, -0.1) is 25.0 Å². The highest BCUT2D eigenvalue weighted by Crippen LogP contribution is 2.10. The van der Waals surface area contributed by atoms with Gasteiger partial charge in [-0.1, -0.05) is 0 Å². The molecular formula is C12H12N10. The van der Waals surface area contributed by atoms with Crippen LogP contribution >= 0.6 is 0 Å². The van der Waals surface area contributed by atoms with Crippen LogP contribution in [0.4, 0.5) is 5.82 Å². The van der Waals surface area contributed by atoms with Gasteiger partial charge in [0.1, 0.15) is 5.82 Å². The van der Waals surface area contributed by atoms with E-state index in [0.29, 0.717) is 23.8 Å². The fraction of sp³-hybridized carbons (Fsp3) is 0.250. The van der Waals surface area contributed by atoms with Crippen LogP contribution in [0.5, 0.6) is 0 Å². The van der Waals surface area contributed by atoms with Crippen molar-refractivity contribution in [2.45, 2.75) is 20.4 Å². The fourth-order valence-corrected chi connectivity index (χ4v) is 2.33. The zero-order valence-electron chi connectivity index (χ0n) is 12.0. The van der Waals surface area contributed by atoms with Crippen molar-refractivity contribution in [3.8, 4) is 0 Å². The lowest BCUT2D eigenvalue weighted by atomic mass is 10.3. The van der Waals surface area contributed by atoms with Gasteiger partial charge in [-0.3, -0.25) is 4.40 Å². The van der Waals surface area contributed by atoms with E-state index in [-0.39, 0.29) is 0 Å². The van der Waals surface area contributed by atoms with Gasteiger partial charge in [0, 0.05) is 11.4 Å². The molecule has 0 atom stereocenters. The first-order valence-corrected chi connectivity index (χ1v) is 6.68. The van der Waals surface area contributed by atoms with Crippen molar-refractivity contribution in [3.05, 3.63) is 35.4 Å². The van der Waals surface area contributed by atoms with E-state index in [1.807, 2.05) is 30.4 Å². The molecule has 0 saturated carbocycles. The molecule has 10 nitrogen and oxygen atoms in total. The molecule has 0 spiro atoms. The van der Waals surface area contributed by atoms with Gasteiger partial charge < -0.3 is 5.32 Å². The minimum absolute atomic E-state index is 0.466. The van der Waals surface area contributed by atoms with Gasteiger partial charge in [0.15, 0.2) is 11.5 Å². The third-order valence-corrected chi connectivity index (χ3v) is 3.26. The minimum Gasteiger partial charge on any atom is -0.361 e. The smallest absolute Gasteiger partial charge is 0.255 e. The van der Waals surface area contributed by atoms with Crippen LogP contribution in [0.1, 0.15) is 17.2 Å². The molecule has 0 radical (unpaired) electrons. The highest BCUT2D eigenvalue weighted by Gasteiger charge is 2.10. The van der Waals surface area contributed by atoms with Crippen LogP contribution in [0.2, 0.25) is 0 Å². The van der Waals surface area contributed by atoms with Crippen LogP contribution < -0.4 is 5.32 Å². The molecule has 0 aliphatic rings. The second kappa shape index (κ2) is 4.69. The zero-order valence-corrected chi connectivity index (χ0v) is 12.0. The summed E-state index contributed by atoms with van der Waals surface area (Å²) in [6, 6.07) is 5.59. The number of hydrogen-bond acceptors (Lipinski definition) is 8. The van der Waals surface area contributed by atoms with Crippen molar-refractivity contribution < 1.29 is 0 Å². The molecule has 4 aromatic heterocycles. The van der Waals surface area contributed by atoms with E-state index in [1.54, 1.807) is 6.07 Å². The van der Waals surface area contributed by atoms with Crippen LogP contribution in [0, 0.1) is 13.8 Å². The first-order valence-electron chi connectivity index (χ1n) is 6.68. The first kappa shape index (κ1) is 12.6. The Morgan fingerprint density at radius 1 is 1.14 bits per heavy atom. The van der Waals surface area contributed by atoms with Crippen molar-refractivity contribution in [1.29, 1.82) is 0 Å². The number of fused-ring (bicyclic) bond motifs is 2. The molecule has 0 aromatic carbocycles. The summed E-state index contributed by atoms with van der Waals surface area (Å²) < 4.78 is 3.27. The van der Waals surface area contributed by atoms with E-state index in [0.717, 1.165) is 17.2 Å². The Kier molecular flexibility index (Phi) is 2.68. The number of nitrogens with zero attached hydrogens (tertiary/aromatic N) is 9. The summed E-state index contributed by atoms with van der Waals surface area (Å²) >= 11 is 0. The van der Waals surface area contributed by atoms with Crippen LogP contribution in [0.25, 0.3) is 11.4 Å². The Labute approximate surface area is 124 Å². The summed E-state index contributed by atoms with van der Waals surface area (Å²) in [5.74, 6) is 2.01. The summed E-state index contributed by atoms with van der Waals surface area (Å²) in [5, 5.41) is 26.8. The Hall–Kier alpha value is -3.17.